The molecule has 59 heavy (non-hydrogen) atoms. The minimum Gasteiger partial charge on any atom is -0.456 e. The fourth-order valence-corrected chi connectivity index (χ4v) is 10.5. The monoisotopic (exact) mass is 769 g/mol. The number of rotatable bonds is 6. The molecule has 0 bridgehead atoms. The van der Waals surface area contributed by atoms with Crippen molar-refractivity contribution in [2.45, 2.75) is 0 Å². The number of furan rings is 1. The van der Waals surface area contributed by atoms with E-state index < -0.39 is 0 Å². The van der Waals surface area contributed by atoms with Crippen LogP contribution in [-0.4, -0.2) is 0 Å². The topological polar surface area (TPSA) is 16.4 Å². The van der Waals surface area contributed by atoms with Gasteiger partial charge in [0.25, 0.3) is 0 Å². The number of hydrogen-bond acceptors (Lipinski definition) is 3. The quantitative estimate of drug-likeness (QED) is 0.167. The van der Waals surface area contributed by atoms with Crippen LogP contribution in [0.15, 0.2) is 217 Å². The first-order valence-electron chi connectivity index (χ1n) is 20.1. The Bertz CT molecular complexity index is 3550. The molecule has 0 N–H and O–H groups in total. The summed E-state index contributed by atoms with van der Waals surface area (Å²) in [5.74, 6) is 0. The van der Waals surface area contributed by atoms with Crippen LogP contribution in [-0.2, 0) is 0 Å². The number of nitrogens with zero attached hydrogens (tertiary/aromatic N) is 1. The maximum atomic E-state index is 6.29. The molecular formula is C56H35NOS. The highest BCUT2D eigenvalue weighted by Gasteiger charge is 2.22. The zero-order chi connectivity index (χ0) is 38.9. The van der Waals surface area contributed by atoms with E-state index in [0.717, 1.165) is 50.1 Å². The molecule has 0 atom stereocenters. The maximum Gasteiger partial charge on any atom is 0.136 e. The molecule has 12 rings (SSSR count). The van der Waals surface area contributed by atoms with E-state index in [1.807, 2.05) is 23.5 Å². The van der Waals surface area contributed by atoms with Crippen molar-refractivity contribution >= 4 is 92.1 Å². The minimum atomic E-state index is 0.901. The van der Waals surface area contributed by atoms with E-state index in [0.29, 0.717) is 0 Å². The van der Waals surface area contributed by atoms with Gasteiger partial charge >= 0.3 is 0 Å². The van der Waals surface area contributed by atoms with Crippen molar-refractivity contribution in [3.05, 3.63) is 212 Å². The van der Waals surface area contributed by atoms with Crippen molar-refractivity contribution in [1.82, 2.24) is 0 Å². The van der Waals surface area contributed by atoms with E-state index in [-0.39, 0.29) is 0 Å². The first kappa shape index (κ1) is 33.7. The van der Waals surface area contributed by atoms with Crippen LogP contribution in [0, 0.1) is 0 Å². The Kier molecular flexibility index (Phi) is 7.75. The number of benzene rings is 10. The summed E-state index contributed by atoms with van der Waals surface area (Å²) in [7, 11) is 0. The second-order valence-electron chi connectivity index (χ2n) is 15.2. The van der Waals surface area contributed by atoms with Crippen molar-refractivity contribution in [1.29, 1.82) is 0 Å². The van der Waals surface area contributed by atoms with Crippen LogP contribution in [0.2, 0.25) is 0 Å². The highest BCUT2D eigenvalue weighted by Crippen LogP contribution is 2.49. The van der Waals surface area contributed by atoms with Crippen LogP contribution in [0.1, 0.15) is 0 Å². The van der Waals surface area contributed by atoms with Crippen molar-refractivity contribution in [3.8, 4) is 33.4 Å². The van der Waals surface area contributed by atoms with Crippen LogP contribution in [0.4, 0.5) is 17.1 Å². The Morgan fingerprint density at radius 3 is 1.80 bits per heavy atom. The molecule has 0 saturated heterocycles. The van der Waals surface area contributed by atoms with Gasteiger partial charge in [-0.05, 0) is 92.0 Å². The maximum absolute atomic E-state index is 6.29. The SMILES string of the molecule is c1ccc(-c2cccc3c2sc2c(N(c4ccc(-c5ccc6c(c5)oc5ccccc56)cc4)c4ccc(-c5cccc6ccccc56)c5ccccc45)cccc23)cc1. The Morgan fingerprint density at radius 2 is 0.932 bits per heavy atom. The van der Waals surface area contributed by atoms with E-state index in [1.54, 1.807) is 0 Å². The van der Waals surface area contributed by atoms with Gasteiger partial charge in [0.2, 0.25) is 0 Å². The zero-order valence-corrected chi connectivity index (χ0v) is 32.8. The Balaban J connectivity index is 1.07. The molecule has 3 heteroatoms. The molecule has 12 aromatic rings. The third-order valence-electron chi connectivity index (χ3n) is 11.9. The average Bonchev–Trinajstić information content (AvgIpc) is 3.88. The number of fused-ring (bicyclic) bond motifs is 8. The normalized spacial score (nSPS) is 11.7. The van der Waals surface area contributed by atoms with Crippen LogP contribution < -0.4 is 4.90 Å². The fraction of sp³-hybridized carbons (Fsp3) is 0. The predicted molar refractivity (Wildman–Crippen MR) is 253 cm³/mol. The molecule has 0 spiro atoms. The Morgan fingerprint density at radius 1 is 0.322 bits per heavy atom. The van der Waals surface area contributed by atoms with Gasteiger partial charge in [0.15, 0.2) is 0 Å². The van der Waals surface area contributed by atoms with Crippen LogP contribution in [0.5, 0.6) is 0 Å². The van der Waals surface area contributed by atoms with Crippen LogP contribution in [0.25, 0.3) is 97.0 Å². The third-order valence-corrected chi connectivity index (χ3v) is 13.2. The summed E-state index contributed by atoms with van der Waals surface area (Å²) < 4.78 is 8.85. The number of anilines is 3. The van der Waals surface area contributed by atoms with Crippen LogP contribution in [0.3, 0.4) is 0 Å². The summed E-state index contributed by atoms with van der Waals surface area (Å²) in [6.45, 7) is 0. The van der Waals surface area contributed by atoms with Gasteiger partial charge in [-0.3, -0.25) is 0 Å². The summed E-state index contributed by atoms with van der Waals surface area (Å²) in [6.07, 6.45) is 0. The predicted octanol–water partition coefficient (Wildman–Crippen LogP) is 16.7. The number of hydrogen-bond donors (Lipinski definition) is 0. The molecule has 0 aliphatic heterocycles. The molecule has 2 aromatic heterocycles. The van der Waals surface area contributed by atoms with Gasteiger partial charge < -0.3 is 9.32 Å². The van der Waals surface area contributed by atoms with Gasteiger partial charge in [-0.15, -0.1) is 11.3 Å². The molecule has 0 aliphatic rings. The van der Waals surface area contributed by atoms with Crippen molar-refractivity contribution in [2.24, 2.45) is 0 Å². The molecule has 2 heterocycles. The fourth-order valence-electron chi connectivity index (χ4n) is 9.12. The van der Waals surface area contributed by atoms with Gasteiger partial charge in [0.05, 0.1) is 16.1 Å². The van der Waals surface area contributed by atoms with Gasteiger partial charge in [-0.25, -0.2) is 0 Å². The summed E-state index contributed by atoms with van der Waals surface area (Å²) in [5.41, 5.74) is 12.4. The van der Waals surface area contributed by atoms with Crippen molar-refractivity contribution < 1.29 is 4.42 Å². The zero-order valence-electron chi connectivity index (χ0n) is 32.0. The van der Waals surface area contributed by atoms with E-state index in [9.17, 15) is 0 Å². The summed E-state index contributed by atoms with van der Waals surface area (Å²) >= 11 is 1.88. The number of para-hydroxylation sites is 1. The summed E-state index contributed by atoms with van der Waals surface area (Å²) in [5, 5.41) is 9.73. The summed E-state index contributed by atoms with van der Waals surface area (Å²) in [4.78, 5) is 2.47. The van der Waals surface area contributed by atoms with E-state index in [2.05, 4.69) is 205 Å². The number of thiophene rings is 1. The van der Waals surface area contributed by atoms with Gasteiger partial charge in [0.1, 0.15) is 11.2 Å². The lowest BCUT2D eigenvalue weighted by Crippen LogP contribution is -2.11. The second-order valence-corrected chi connectivity index (χ2v) is 16.2. The molecule has 0 radical (unpaired) electrons. The molecular weight excluding hydrogens is 735 g/mol. The molecule has 2 nitrogen and oxygen atoms in total. The first-order valence-corrected chi connectivity index (χ1v) is 20.9. The molecule has 10 aromatic carbocycles. The lowest BCUT2D eigenvalue weighted by atomic mass is 9.93. The first-order chi connectivity index (χ1) is 29.3. The lowest BCUT2D eigenvalue weighted by Gasteiger charge is -2.28. The van der Waals surface area contributed by atoms with E-state index in [1.165, 1.54) is 64.0 Å². The molecule has 0 aliphatic carbocycles. The Labute approximate surface area is 345 Å². The summed E-state index contributed by atoms with van der Waals surface area (Å²) in [6, 6.07) is 77.0. The van der Waals surface area contributed by atoms with Crippen molar-refractivity contribution in [2.75, 3.05) is 4.90 Å². The van der Waals surface area contributed by atoms with Gasteiger partial charge in [-0.2, -0.15) is 0 Å². The van der Waals surface area contributed by atoms with Crippen LogP contribution >= 0.6 is 11.3 Å². The molecule has 0 unspecified atom stereocenters. The second kappa shape index (κ2) is 13.6. The largest absolute Gasteiger partial charge is 0.456 e. The van der Waals surface area contributed by atoms with Gasteiger partial charge in [0, 0.05) is 37.3 Å². The van der Waals surface area contributed by atoms with E-state index in [4.69, 9.17) is 4.42 Å². The average molecular weight is 770 g/mol. The Hall–Kier alpha value is -7.46. The third kappa shape index (κ3) is 5.47. The lowest BCUT2D eigenvalue weighted by molar-refractivity contribution is 0.669. The highest BCUT2D eigenvalue weighted by atomic mass is 32.1. The standard InChI is InChI=1S/C56H35NOS/c1-2-13-38(14-3-1)42-21-11-23-49-50-24-12-25-52(56(50)59-55(42)49)57(40-30-27-36(28-31-40)39-29-32-48-47-20-8-9-26-53(47)58-54(48)35-39)51-34-33-45(44-18-6-7-19-46(44)51)43-22-10-16-37-15-4-5-17-41(37)43/h1-35H. The van der Waals surface area contributed by atoms with Crippen molar-refractivity contribution in [3.63, 3.8) is 0 Å². The molecule has 0 saturated carbocycles. The minimum absolute atomic E-state index is 0.901. The highest BCUT2D eigenvalue weighted by molar-refractivity contribution is 7.27. The molecule has 0 amide bonds. The molecule has 0 fully saturated rings. The van der Waals surface area contributed by atoms with E-state index >= 15 is 0 Å². The smallest absolute Gasteiger partial charge is 0.136 e. The molecule has 276 valence electrons. The van der Waals surface area contributed by atoms with Gasteiger partial charge in [-0.1, -0.05) is 170 Å².